The third-order valence-electron chi connectivity index (χ3n) is 2.35. The molecule has 0 saturated heterocycles. The molecule has 6 nitrogen and oxygen atoms in total. The molecule has 20 heavy (non-hydrogen) atoms. The minimum Gasteiger partial charge on any atom is -0.502 e. The Labute approximate surface area is 118 Å². The van der Waals surface area contributed by atoms with Gasteiger partial charge in [0.05, 0.1) is 5.01 Å². The molecule has 0 saturated carbocycles. The molecule has 0 aliphatic rings. The van der Waals surface area contributed by atoms with Gasteiger partial charge in [-0.15, -0.1) is 11.3 Å². The van der Waals surface area contributed by atoms with Crippen molar-refractivity contribution in [2.45, 2.75) is 6.42 Å². The maximum Gasteiger partial charge on any atom is 0.371 e. The van der Waals surface area contributed by atoms with E-state index in [4.69, 9.17) is 10.2 Å². The molecule has 0 spiro atoms. The maximum absolute atomic E-state index is 11.7. The molecule has 0 aliphatic heterocycles. The zero-order valence-corrected chi connectivity index (χ0v) is 11.0. The molecule has 0 fully saturated rings. The number of carbonyl (C=O) groups excluding carboxylic acids is 1. The first-order chi connectivity index (χ1) is 9.56. The molecule has 0 radical (unpaired) electrons. The van der Waals surface area contributed by atoms with E-state index in [1.165, 1.54) is 16.7 Å². The summed E-state index contributed by atoms with van der Waals surface area (Å²) in [6.45, 7) is 0. The molecule has 0 atom stereocenters. The molecule has 7 heteroatoms. The molecular formula is C13H10N2O4S. The number of allylic oxidation sites excluding steroid dienone is 1. The molecule has 0 aliphatic carbocycles. The summed E-state index contributed by atoms with van der Waals surface area (Å²) in [5.74, 6) is -3.20. The number of aliphatic hydroxyl groups excluding tert-OH is 1. The van der Waals surface area contributed by atoms with Crippen molar-refractivity contribution in [2.24, 2.45) is 0 Å². The van der Waals surface area contributed by atoms with Gasteiger partial charge in [0.15, 0.2) is 0 Å². The largest absolute Gasteiger partial charge is 0.502 e. The lowest BCUT2D eigenvalue weighted by molar-refractivity contribution is -0.135. The van der Waals surface area contributed by atoms with E-state index in [0.29, 0.717) is 17.5 Å². The molecule has 2 aromatic rings. The smallest absolute Gasteiger partial charge is 0.371 e. The summed E-state index contributed by atoms with van der Waals surface area (Å²) in [7, 11) is 0. The molecule has 0 aromatic carbocycles. The Morgan fingerprint density at radius 3 is 2.75 bits per heavy atom. The van der Waals surface area contributed by atoms with Crippen molar-refractivity contribution in [3.8, 4) is 0 Å². The molecule has 2 heterocycles. The number of carbonyl (C=O) groups is 2. The summed E-state index contributed by atoms with van der Waals surface area (Å²) >= 11 is 1.28. The number of aliphatic hydroxyl groups is 1. The normalized spacial score (nSPS) is 11.3. The van der Waals surface area contributed by atoms with E-state index in [1.54, 1.807) is 12.3 Å². The van der Waals surface area contributed by atoms with Gasteiger partial charge in [0.2, 0.25) is 11.5 Å². The van der Waals surface area contributed by atoms with Crippen LogP contribution in [-0.2, 0) is 11.2 Å². The lowest BCUT2D eigenvalue weighted by atomic mass is 10.2. The first-order valence-electron chi connectivity index (χ1n) is 5.59. The van der Waals surface area contributed by atoms with E-state index in [1.807, 2.05) is 12.1 Å². The van der Waals surface area contributed by atoms with Crippen LogP contribution in [0.4, 0.5) is 0 Å². The van der Waals surface area contributed by atoms with Crippen molar-refractivity contribution in [1.82, 2.24) is 9.97 Å². The van der Waals surface area contributed by atoms with Gasteiger partial charge >= 0.3 is 5.97 Å². The van der Waals surface area contributed by atoms with Crippen molar-refractivity contribution in [3.63, 3.8) is 0 Å². The number of rotatable bonds is 5. The van der Waals surface area contributed by atoms with Crippen molar-refractivity contribution in [1.29, 1.82) is 0 Å². The predicted molar refractivity (Wildman–Crippen MR) is 71.8 cm³/mol. The number of aliphatic carboxylic acids is 1. The van der Waals surface area contributed by atoms with E-state index in [0.717, 1.165) is 5.69 Å². The Morgan fingerprint density at radius 1 is 1.30 bits per heavy atom. The van der Waals surface area contributed by atoms with E-state index in [-0.39, 0.29) is 5.69 Å². The first-order valence-corrected chi connectivity index (χ1v) is 6.47. The van der Waals surface area contributed by atoms with Crippen LogP contribution in [0.2, 0.25) is 0 Å². The van der Waals surface area contributed by atoms with Gasteiger partial charge in [-0.2, -0.15) is 0 Å². The number of ketones is 1. The fraction of sp³-hybridized carbons (Fsp3) is 0.0769. The standard InChI is InChI=1S/C13H10N2O4S/c16-10(6-11(17)13(18)19)9-7-20-12(15-9)5-8-3-1-2-4-14-8/h1-4,6-7,17H,5H2,(H,18,19)/b11-6-. The highest BCUT2D eigenvalue weighted by Gasteiger charge is 2.13. The highest BCUT2D eigenvalue weighted by atomic mass is 32.1. The molecule has 0 bridgehead atoms. The number of carboxylic acids is 1. The van der Waals surface area contributed by atoms with Crippen LogP contribution in [0.1, 0.15) is 21.2 Å². The number of nitrogens with zero attached hydrogens (tertiary/aromatic N) is 2. The Hall–Kier alpha value is -2.54. The number of aromatic nitrogens is 2. The quantitative estimate of drug-likeness (QED) is 0.495. The lowest BCUT2D eigenvalue weighted by Gasteiger charge is -1.95. The molecule has 2 rings (SSSR count). The summed E-state index contributed by atoms with van der Waals surface area (Å²) in [4.78, 5) is 30.3. The third kappa shape index (κ3) is 3.48. The second kappa shape index (κ2) is 6.07. The highest BCUT2D eigenvalue weighted by Crippen LogP contribution is 2.14. The van der Waals surface area contributed by atoms with Gasteiger partial charge in [-0.3, -0.25) is 9.78 Å². The van der Waals surface area contributed by atoms with Crippen LogP contribution in [0.5, 0.6) is 0 Å². The van der Waals surface area contributed by atoms with Crippen molar-refractivity contribution >= 4 is 23.1 Å². The second-order valence-electron chi connectivity index (χ2n) is 3.82. The fourth-order valence-corrected chi connectivity index (χ4v) is 2.22. The van der Waals surface area contributed by atoms with Gasteiger partial charge in [-0.05, 0) is 12.1 Å². The first kappa shape index (κ1) is 13.9. The van der Waals surface area contributed by atoms with Crippen molar-refractivity contribution in [2.75, 3.05) is 0 Å². The van der Waals surface area contributed by atoms with Gasteiger partial charge in [0, 0.05) is 29.8 Å². The van der Waals surface area contributed by atoms with E-state index >= 15 is 0 Å². The Morgan fingerprint density at radius 2 is 2.10 bits per heavy atom. The molecule has 0 unspecified atom stereocenters. The van der Waals surface area contributed by atoms with Gasteiger partial charge in [-0.25, -0.2) is 9.78 Å². The van der Waals surface area contributed by atoms with E-state index < -0.39 is 17.5 Å². The predicted octanol–water partition coefficient (Wildman–Crippen LogP) is 1.84. The van der Waals surface area contributed by atoms with Gasteiger partial charge in [0.1, 0.15) is 5.69 Å². The second-order valence-corrected chi connectivity index (χ2v) is 4.77. The molecular weight excluding hydrogens is 280 g/mol. The van der Waals surface area contributed by atoms with E-state index in [2.05, 4.69) is 9.97 Å². The SMILES string of the molecule is O=C(O)/C(O)=C/C(=O)c1csc(Cc2ccccn2)n1. The Balaban J connectivity index is 2.11. The lowest BCUT2D eigenvalue weighted by Crippen LogP contribution is -2.04. The summed E-state index contributed by atoms with van der Waals surface area (Å²) in [6, 6.07) is 5.51. The molecule has 0 amide bonds. The Bertz CT molecular complexity index is 664. The highest BCUT2D eigenvalue weighted by molar-refractivity contribution is 7.09. The minimum absolute atomic E-state index is 0.105. The van der Waals surface area contributed by atoms with Crippen LogP contribution in [0, 0.1) is 0 Å². The third-order valence-corrected chi connectivity index (χ3v) is 3.20. The van der Waals surface area contributed by atoms with E-state index in [9.17, 15) is 9.59 Å². The summed E-state index contributed by atoms with van der Waals surface area (Å²) in [6.07, 6.45) is 2.80. The summed E-state index contributed by atoms with van der Waals surface area (Å²) in [5, 5.41) is 19.7. The number of pyridine rings is 1. The maximum atomic E-state index is 11.7. The number of hydrogen-bond acceptors (Lipinski definition) is 6. The topological polar surface area (TPSA) is 100 Å². The minimum atomic E-state index is -1.55. The summed E-state index contributed by atoms with van der Waals surface area (Å²) < 4.78 is 0. The number of hydrogen-bond donors (Lipinski definition) is 2. The van der Waals surface area contributed by atoms with Gasteiger partial charge < -0.3 is 10.2 Å². The van der Waals surface area contributed by atoms with Crippen molar-refractivity contribution in [3.05, 3.63) is 58.0 Å². The Kier molecular flexibility index (Phi) is 4.21. The monoisotopic (exact) mass is 290 g/mol. The van der Waals surface area contributed by atoms with Crippen LogP contribution in [-0.4, -0.2) is 31.9 Å². The number of carboxylic acid groups (broad SMARTS) is 1. The van der Waals surface area contributed by atoms with Crippen LogP contribution >= 0.6 is 11.3 Å². The zero-order valence-electron chi connectivity index (χ0n) is 10.2. The summed E-state index contributed by atoms with van der Waals surface area (Å²) in [5.41, 5.74) is 0.929. The molecule has 2 aromatic heterocycles. The van der Waals surface area contributed by atoms with Crippen LogP contribution < -0.4 is 0 Å². The van der Waals surface area contributed by atoms with Crippen LogP contribution in [0.3, 0.4) is 0 Å². The molecule has 102 valence electrons. The van der Waals surface area contributed by atoms with Gasteiger partial charge in [0.25, 0.3) is 0 Å². The van der Waals surface area contributed by atoms with Crippen LogP contribution in [0.15, 0.2) is 41.6 Å². The van der Waals surface area contributed by atoms with Crippen LogP contribution in [0.25, 0.3) is 0 Å². The van der Waals surface area contributed by atoms with Crippen molar-refractivity contribution < 1.29 is 19.8 Å². The number of thiazole rings is 1. The fourth-order valence-electron chi connectivity index (χ4n) is 1.42. The average Bonchev–Trinajstić information content (AvgIpc) is 2.88. The average molecular weight is 290 g/mol. The van der Waals surface area contributed by atoms with Gasteiger partial charge in [-0.1, -0.05) is 6.07 Å². The molecule has 2 N–H and O–H groups in total. The zero-order chi connectivity index (χ0) is 14.5.